The molecule has 0 amide bonds. The first-order chi connectivity index (χ1) is 8.26. The fourth-order valence-corrected chi connectivity index (χ4v) is 3.84. The zero-order chi connectivity index (χ0) is 13.4. The lowest BCUT2D eigenvalue weighted by Crippen LogP contribution is -2.58. The van der Waals surface area contributed by atoms with Crippen molar-refractivity contribution in [1.29, 1.82) is 0 Å². The summed E-state index contributed by atoms with van der Waals surface area (Å²) in [5.74, 6) is 0.853. The third kappa shape index (κ3) is 3.94. The molecule has 0 aromatic heterocycles. The van der Waals surface area contributed by atoms with Crippen LogP contribution in [0.4, 0.5) is 0 Å². The highest BCUT2D eigenvalue weighted by molar-refractivity contribution is 4.90. The summed E-state index contributed by atoms with van der Waals surface area (Å²) in [4.78, 5) is 2.62. The molecule has 2 unspecified atom stereocenters. The normalized spacial score (nSPS) is 36.5. The molecule has 0 bridgehead atoms. The van der Waals surface area contributed by atoms with Gasteiger partial charge in [-0.05, 0) is 59.9 Å². The topological polar surface area (TPSA) is 24.5 Å². The quantitative estimate of drug-likeness (QED) is 0.818. The molecule has 3 heteroatoms. The highest BCUT2D eigenvalue weighted by atomic mass is 16.5. The zero-order valence-corrected chi connectivity index (χ0v) is 12.8. The summed E-state index contributed by atoms with van der Waals surface area (Å²) in [7, 11) is 0. The van der Waals surface area contributed by atoms with Gasteiger partial charge in [0.2, 0.25) is 0 Å². The molecular formula is C15H30N2O. The van der Waals surface area contributed by atoms with Crippen LogP contribution in [0.15, 0.2) is 0 Å². The van der Waals surface area contributed by atoms with Gasteiger partial charge in [0, 0.05) is 25.7 Å². The molecule has 2 aliphatic rings. The number of hydrogen-bond donors (Lipinski definition) is 1. The third-order valence-electron chi connectivity index (χ3n) is 4.01. The lowest BCUT2D eigenvalue weighted by Gasteiger charge is -2.48. The van der Waals surface area contributed by atoms with Gasteiger partial charge in [-0.25, -0.2) is 0 Å². The van der Waals surface area contributed by atoms with Crippen LogP contribution in [-0.2, 0) is 4.74 Å². The Hall–Kier alpha value is -0.120. The molecule has 0 radical (unpaired) electrons. The van der Waals surface area contributed by atoms with Gasteiger partial charge >= 0.3 is 0 Å². The smallest absolute Gasteiger partial charge is 0.0760 e. The van der Waals surface area contributed by atoms with Crippen molar-refractivity contribution in [3.05, 3.63) is 0 Å². The first-order valence-electron chi connectivity index (χ1n) is 7.42. The SMILES string of the molecule is CC1CC(CN2CC(C)(C)OC(C)(C)C2)CCN1. The van der Waals surface area contributed by atoms with E-state index < -0.39 is 0 Å². The molecule has 0 aromatic carbocycles. The van der Waals surface area contributed by atoms with Crippen molar-refractivity contribution in [3.8, 4) is 0 Å². The summed E-state index contributed by atoms with van der Waals surface area (Å²) in [6, 6.07) is 0.686. The Morgan fingerprint density at radius 1 is 1.17 bits per heavy atom. The third-order valence-corrected chi connectivity index (χ3v) is 4.01. The minimum absolute atomic E-state index is 0.0136. The van der Waals surface area contributed by atoms with Gasteiger partial charge in [0.25, 0.3) is 0 Å². The molecular weight excluding hydrogens is 224 g/mol. The first kappa shape index (κ1) is 14.3. The molecule has 18 heavy (non-hydrogen) atoms. The minimum atomic E-state index is -0.0136. The number of nitrogens with zero attached hydrogens (tertiary/aromatic N) is 1. The molecule has 106 valence electrons. The lowest BCUT2D eigenvalue weighted by atomic mass is 9.91. The molecule has 2 rings (SSSR count). The van der Waals surface area contributed by atoms with Crippen LogP contribution in [-0.4, -0.2) is 48.3 Å². The number of nitrogens with one attached hydrogen (secondary N) is 1. The fourth-order valence-electron chi connectivity index (χ4n) is 3.84. The van der Waals surface area contributed by atoms with E-state index in [1.54, 1.807) is 0 Å². The predicted molar refractivity (Wildman–Crippen MR) is 75.9 cm³/mol. The molecule has 0 aromatic rings. The van der Waals surface area contributed by atoms with E-state index in [-0.39, 0.29) is 11.2 Å². The van der Waals surface area contributed by atoms with E-state index in [2.05, 4.69) is 44.8 Å². The number of hydrogen-bond acceptors (Lipinski definition) is 3. The van der Waals surface area contributed by atoms with Crippen molar-refractivity contribution in [3.63, 3.8) is 0 Å². The molecule has 0 aliphatic carbocycles. The lowest BCUT2D eigenvalue weighted by molar-refractivity contribution is -0.182. The van der Waals surface area contributed by atoms with Crippen LogP contribution in [0.25, 0.3) is 0 Å². The highest BCUT2D eigenvalue weighted by Gasteiger charge is 2.38. The van der Waals surface area contributed by atoms with Gasteiger partial charge in [-0.1, -0.05) is 0 Å². The van der Waals surface area contributed by atoms with Crippen LogP contribution in [0.3, 0.4) is 0 Å². The molecule has 2 aliphatic heterocycles. The Morgan fingerprint density at radius 2 is 1.78 bits per heavy atom. The summed E-state index contributed by atoms with van der Waals surface area (Å²) in [5, 5.41) is 3.54. The van der Waals surface area contributed by atoms with Crippen LogP contribution in [0, 0.1) is 5.92 Å². The van der Waals surface area contributed by atoms with E-state index in [0.717, 1.165) is 19.0 Å². The van der Waals surface area contributed by atoms with Crippen molar-refractivity contribution in [2.24, 2.45) is 5.92 Å². The summed E-state index contributed by atoms with van der Waals surface area (Å²) in [5.41, 5.74) is -0.0272. The summed E-state index contributed by atoms with van der Waals surface area (Å²) >= 11 is 0. The monoisotopic (exact) mass is 254 g/mol. The zero-order valence-electron chi connectivity index (χ0n) is 12.8. The van der Waals surface area contributed by atoms with E-state index in [9.17, 15) is 0 Å². The molecule has 2 fully saturated rings. The van der Waals surface area contributed by atoms with Gasteiger partial charge in [0.15, 0.2) is 0 Å². The Balaban J connectivity index is 1.92. The predicted octanol–water partition coefficient (Wildman–Crippen LogP) is 2.26. The maximum Gasteiger partial charge on any atom is 0.0760 e. The maximum atomic E-state index is 6.15. The standard InChI is InChI=1S/C15H30N2O/c1-12-8-13(6-7-16-12)9-17-10-14(2,3)18-15(4,5)11-17/h12-13,16H,6-11H2,1-5H3. The second-order valence-corrected chi connectivity index (χ2v) is 7.54. The van der Waals surface area contributed by atoms with Gasteiger partial charge in [-0.3, -0.25) is 4.90 Å². The van der Waals surface area contributed by atoms with E-state index in [4.69, 9.17) is 4.74 Å². The summed E-state index contributed by atoms with van der Waals surface area (Å²) in [6.07, 6.45) is 2.64. The summed E-state index contributed by atoms with van der Waals surface area (Å²) in [6.45, 7) is 15.7. The molecule has 2 saturated heterocycles. The Kier molecular flexibility index (Phi) is 4.05. The first-order valence-corrected chi connectivity index (χ1v) is 7.42. The molecule has 0 spiro atoms. The second kappa shape index (κ2) is 5.10. The van der Waals surface area contributed by atoms with E-state index in [0.29, 0.717) is 6.04 Å². The van der Waals surface area contributed by atoms with Crippen molar-refractivity contribution in [2.45, 2.75) is 64.7 Å². The highest BCUT2D eigenvalue weighted by Crippen LogP contribution is 2.29. The van der Waals surface area contributed by atoms with Crippen molar-refractivity contribution in [2.75, 3.05) is 26.2 Å². The van der Waals surface area contributed by atoms with Crippen LogP contribution in [0.1, 0.15) is 47.5 Å². The fraction of sp³-hybridized carbons (Fsp3) is 1.00. The average molecular weight is 254 g/mol. The van der Waals surface area contributed by atoms with Crippen molar-refractivity contribution < 1.29 is 4.74 Å². The minimum Gasteiger partial charge on any atom is -0.367 e. The number of morpholine rings is 1. The van der Waals surface area contributed by atoms with Crippen LogP contribution in [0.2, 0.25) is 0 Å². The number of piperidine rings is 1. The number of ether oxygens (including phenoxy) is 1. The van der Waals surface area contributed by atoms with E-state index in [1.165, 1.54) is 25.9 Å². The Bertz CT molecular complexity index is 272. The van der Waals surface area contributed by atoms with E-state index in [1.807, 2.05) is 0 Å². The van der Waals surface area contributed by atoms with Crippen LogP contribution < -0.4 is 5.32 Å². The summed E-state index contributed by atoms with van der Waals surface area (Å²) < 4.78 is 6.15. The largest absolute Gasteiger partial charge is 0.367 e. The van der Waals surface area contributed by atoms with Crippen LogP contribution >= 0.6 is 0 Å². The maximum absolute atomic E-state index is 6.15. The molecule has 2 heterocycles. The van der Waals surface area contributed by atoms with Gasteiger partial charge in [0.1, 0.15) is 0 Å². The number of rotatable bonds is 2. The molecule has 2 atom stereocenters. The molecule has 3 nitrogen and oxygen atoms in total. The van der Waals surface area contributed by atoms with Gasteiger partial charge < -0.3 is 10.1 Å². The van der Waals surface area contributed by atoms with Gasteiger partial charge in [-0.2, -0.15) is 0 Å². The van der Waals surface area contributed by atoms with E-state index >= 15 is 0 Å². The van der Waals surface area contributed by atoms with Gasteiger partial charge in [0.05, 0.1) is 11.2 Å². The Morgan fingerprint density at radius 3 is 2.33 bits per heavy atom. The Labute approximate surface area is 112 Å². The van der Waals surface area contributed by atoms with Crippen LogP contribution in [0.5, 0.6) is 0 Å². The van der Waals surface area contributed by atoms with Crippen molar-refractivity contribution >= 4 is 0 Å². The molecule has 0 saturated carbocycles. The molecule has 1 N–H and O–H groups in total. The van der Waals surface area contributed by atoms with Crippen molar-refractivity contribution in [1.82, 2.24) is 10.2 Å². The average Bonchev–Trinajstić information content (AvgIpc) is 2.11. The second-order valence-electron chi connectivity index (χ2n) is 7.54. The van der Waals surface area contributed by atoms with Gasteiger partial charge in [-0.15, -0.1) is 0 Å².